The SMILES string of the molecule is CCCCCCCOC(=O)C1=C(C)Nc2ncnn2[C@H]1c1ccc(OC)c(OC)c1OC. The van der Waals surface area contributed by atoms with Crippen LogP contribution in [0, 0.1) is 0 Å². The van der Waals surface area contributed by atoms with E-state index in [0.29, 0.717) is 46.6 Å². The summed E-state index contributed by atoms with van der Waals surface area (Å²) in [5, 5.41) is 7.51. The molecule has 1 atom stereocenters. The van der Waals surface area contributed by atoms with Gasteiger partial charge >= 0.3 is 5.97 Å². The zero-order chi connectivity index (χ0) is 23.1. The lowest BCUT2D eigenvalue weighted by Gasteiger charge is -2.29. The molecule has 0 spiro atoms. The second-order valence-corrected chi connectivity index (χ2v) is 7.57. The molecule has 3 rings (SSSR count). The lowest BCUT2D eigenvalue weighted by atomic mass is 9.94. The van der Waals surface area contributed by atoms with Crippen molar-refractivity contribution >= 4 is 11.9 Å². The Morgan fingerprint density at radius 1 is 1.06 bits per heavy atom. The molecule has 0 bridgehead atoms. The van der Waals surface area contributed by atoms with Crippen LogP contribution in [-0.4, -0.2) is 48.7 Å². The largest absolute Gasteiger partial charge is 0.493 e. The summed E-state index contributed by atoms with van der Waals surface area (Å²) in [5.74, 6) is 1.55. The van der Waals surface area contributed by atoms with Crippen molar-refractivity contribution in [2.24, 2.45) is 0 Å². The highest BCUT2D eigenvalue weighted by Gasteiger charge is 2.37. The number of rotatable bonds is 11. The van der Waals surface area contributed by atoms with Gasteiger partial charge < -0.3 is 24.3 Å². The zero-order valence-corrected chi connectivity index (χ0v) is 19.4. The van der Waals surface area contributed by atoms with Crippen molar-refractivity contribution in [2.45, 2.75) is 52.0 Å². The molecular formula is C23H32N4O5. The Hall–Kier alpha value is -3.23. The molecule has 9 nitrogen and oxygen atoms in total. The molecule has 9 heteroatoms. The summed E-state index contributed by atoms with van der Waals surface area (Å²) >= 11 is 0. The maximum absolute atomic E-state index is 13.2. The molecule has 0 fully saturated rings. The number of ether oxygens (including phenoxy) is 4. The molecule has 2 aromatic rings. The first-order valence-electron chi connectivity index (χ1n) is 10.9. The monoisotopic (exact) mass is 444 g/mol. The van der Waals surface area contributed by atoms with Gasteiger partial charge in [0.05, 0.1) is 33.5 Å². The van der Waals surface area contributed by atoms with Crippen LogP contribution in [-0.2, 0) is 9.53 Å². The molecule has 2 heterocycles. The fourth-order valence-corrected chi connectivity index (χ4v) is 3.93. The molecule has 0 radical (unpaired) electrons. The van der Waals surface area contributed by atoms with Crippen LogP contribution in [0.4, 0.5) is 5.95 Å². The number of unbranched alkanes of at least 4 members (excludes halogenated alkanes) is 4. The number of hydrogen-bond acceptors (Lipinski definition) is 8. The van der Waals surface area contributed by atoms with E-state index in [9.17, 15) is 4.79 Å². The predicted molar refractivity (Wildman–Crippen MR) is 120 cm³/mol. The number of esters is 1. The summed E-state index contributed by atoms with van der Waals surface area (Å²) in [6, 6.07) is 3.02. The summed E-state index contributed by atoms with van der Waals surface area (Å²) in [7, 11) is 4.65. The van der Waals surface area contributed by atoms with Crippen molar-refractivity contribution < 1.29 is 23.7 Å². The predicted octanol–water partition coefficient (Wildman–Crippen LogP) is 4.11. The average molecular weight is 445 g/mol. The molecule has 1 aliphatic heterocycles. The van der Waals surface area contributed by atoms with E-state index in [1.165, 1.54) is 19.2 Å². The minimum atomic E-state index is -0.601. The van der Waals surface area contributed by atoms with E-state index >= 15 is 0 Å². The normalized spacial score (nSPS) is 15.1. The van der Waals surface area contributed by atoms with E-state index in [1.54, 1.807) is 32.1 Å². The first kappa shape index (κ1) is 23.4. The third-order valence-corrected chi connectivity index (χ3v) is 5.52. The molecule has 1 N–H and O–H groups in total. The van der Waals surface area contributed by atoms with Gasteiger partial charge in [0.25, 0.3) is 0 Å². The fraction of sp³-hybridized carbons (Fsp3) is 0.522. The Bertz CT molecular complexity index is 969. The van der Waals surface area contributed by atoms with Crippen LogP contribution in [0.1, 0.15) is 57.6 Å². The fourth-order valence-electron chi connectivity index (χ4n) is 3.93. The topological polar surface area (TPSA) is 96.7 Å². The van der Waals surface area contributed by atoms with Crippen molar-refractivity contribution in [1.82, 2.24) is 14.8 Å². The lowest BCUT2D eigenvalue weighted by Crippen LogP contribution is -2.30. The van der Waals surface area contributed by atoms with Crippen LogP contribution in [0.25, 0.3) is 0 Å². The third kappa shape index (κ3) is 4.66. The van der Waals surface area contributed by atoms with Gasteiger partial charge in [0.15, 0.2) is 11.5 Å². The third-order valence-electron chi connectivity index (χ3n) is 5.52. The maximum Gasteiger partial charge on any atom is 0.338 e. The Labute approximate surface area is 188 Å². The summed E-state index contributed by atoms with van der Waals surface area (Å²) in [6.45, 7) is 4.38. The van der Waals surface area contributed by atoms with Crippen molar-refractivity contribution in [3.63, 3.8) is 0 Å². The molecule has 0 saturated heterocycles. The highest BCUT2D eigenvalue weighted by Crippen LogP contribution is 2.46. The number of aromatic nitrogens is 3. The number of nitrogens with one attached hydrogen (secondary N) is 1. The molecule has 0 saturated carbocycles. The molecule has 32 heavy (non-hydrogen) atoms. The Balaban J connectivity index is 1.96. The molecule has 1 aliphatic rings. The van der Waals surface area contributed by atoms with Crippen molar-refractivity contribution in [2.75, 3.05) is 33.3 Å². The summed E-state index contributed by atoms with van der Waals surface area (Å²) in [6.07, 6.45) is 6.83. The number of fused-ring (bicyclic) bond motifs is 1. The van der Waals surface area contributed by atoms with Gasteiger partial charge in [-0.15, -0.1) is 0 Å². The van der Waals surface area contributed by atoms with E-state index in [2.05, 4.69) is 22.3 Å². The number of nitrogens with zero attached hydrogens (tertiary/aromatic N) is 3. The van der Waals surface area contributed by atoms with Gasteiger partial charge in [-0.05, 0) is 25.5 Å². The molecule has 0 unspecified atom stereocenters. The number of carbonyl (C=O) groups is 1. The number of carbonyl (C=O) groups excluding carboxylic acids is 1. The summed E-state index contributed by atoms with van der Waals surface area (Å²) in [5.41, 5.74) is 1.79. The van der Waals surface area contributed by atoms with Crippen LogP contribution in [0.15, 0.2) is 29.7 Å². The van der Waals surface area contributed by atoms with Crippen LogP contribution >= 0.6 is 0 Å². The Morgan fingerprint density at radius 2 is 1.81 bits per heavy atom. The van der Waals surface area contributed by atoms with Crippen LogP contribution in [0.2, 0.25) is 0 Å². The molecule has 1 aromatic heterocycles. The van der Waals surface area contributed by atoms with Crippen molar-refractivity contribution in [3.8, 4) is 17.2 Å². The number of benzene rings is 1. The van der Waals surface area contributed by atoms with Gasteiger partial charge in [-0.1, -0.05) is 32.6 Å². The smallest absolute Gasteiger partial charge is 0.338 e. The number of hydrogen-bond donors (Lipinski definition) is 1. The second-order valence-electron chi connectivity index (χ2n) is 7.57. The highest BCUT2D eigenvalue weighted by atomic mass is 16.5. The van der Waals surface area contributed by atoms with Gasteiger partial charge in [0.1, 0.15) is 12.4 Å². The number of allylic oxidation sites excluding steroid dienone is 1. The van der Waals surface area contributed by atoms with Crippen molar-refractivity contribution in [3.05, 3.63) is 35.3 Å². The minimum Gasteiger partial charge on any atom is -0.493 e. The molecular weight excluding hydrogens is 412 g/mol. The number of methoxy groups -OCH3 is 3. The van der Waals surface area contributed by atoms with E-state index in [0.717, 1.165) is 19.3 Å². The van der Waals surface area contributed by atoms with Gasteiger partial charge in [-0.25, -0.2) is 9.48 Å². The van der Waals surface area contributed by atoms with E-state index < -0.39 is 12.0 Å². The Kier molecular flexibility index (Phi) is 7.97. The summed E-state index contributed by atoms with van der Waals surface area (Å²) < 4.78 is 24.0. The first-order valence-corrected chi connectivity index (χ1v) is 10.9. The maximum atomic E-state index is 13.2. The minimum absolute atomic E-state index is 0.374. The van der Waals surface area contributed by atoms with Crippen LogP contribution in [0.5, 0.6) is 17.2 Å². The van der Waals surface area contributed by atoms with Gasteiger partial charge in [0.2, 0.25) is 11.7 Å². The summed E-state index contributed by atoms with van der Waals surface area (Å²) in [4.78, 5) is 17.5. The van der Waals surface area contributed by atoms with Crippen LogP contribution < -0.4 is 19.5 Å². The second kappa shape index (κ2) is 10.9. The lowest BCUT2D eigenvalue weighted by molar-refractivity contribution is -0.139. The van der Waals surface area contributed by atoms with Crippen molar-refractivity contribution in [1.29, 1.82) is 0 Å². The van der Waals surface area contributed by atoms with E-state index in [1.807, 2.05) is 13.0 Å². The standard InChI is InChI=1S/C23H32N4O5/c1-6-7-8-9-10-13-32-22(28)18-15(2)26-23-24-14-25-27(23)19(18)16-11-12-17(29-3)21(31-5)20(16)30-4/h11-12,14,19H,6-10,13H2,1-5H3,(H,24,25,26)/t19-/m0/s1. The zero-order valence-electron chi connectivity index (χ0n) is 19.4. The van der Waals surface area contributed by atoms with E-state index in [4.69, 9.17) is 18.9 Å². The van der Waals surface area contributed by atoms with Gasteiger partial charge in [-0.2, -0.15) is 10.1 Å². The molecule has 174 valence electrons. The van der Waals surface area contributed by atoms with Gasteiger partial charge in [0, 0.05) is 11.3 Å². The quantitative estimate of drug-likeness (QED) is 0.409. The van der Waals surface area contributed by atoms with Gasteiger partial charge in [-0.3, -0.25) is 0 Å². The average Bonchev–Trinajstić information content (AvgIpc) is 3.27. The molecule has 1 aromatic carbocycles. The Morgan fingerprint density at radius 3 is 2.50 bits per heavy atom. The van der Waals surface area contributed by atoms with Crippen LogP contribution in [0.3, 0.4) is 0 Å². The first-order chi connectivity index (χ1) is 15.6. The number of anilines is 1. The molecule has 0 amide bonds. The molecule has 0 aliphatic carbocycles. The highest BCUT2D eigenvalue weighted by molar-refractivity contribution is 5.92. The van der Waals surface area contributed by atoms with E-state index in [-0.39, 0.29) is 0 Å².